The van der Waals surface area contributed by atoms with Gasteiger partial charge in [-0.1, -0.05) is 181 Å². The summed E-state index contributed by atoms with van der Waals surface area (Å²) in [7, 11) is 0. The zero-order chi connectivity index (χ0) is 29.9. The molecule has 7 aromatic carbocycles. The maximum atomic E-state index is 2.30. The largest absolute Gasteiger partial charge is 0.0622 e. The molecule has 210 valence electrons. The SMILES string of the molecule is Cc1ccc(-c2ccc(-c3ccc(-c4ccc(-c5ccc(C)cc5)cc4)c(-c4ccccc4)c3-c3ccccc3)cc2)cc1. The molecule has 0 aliphatic heterocycles. The minimum atomic E-state index is 1.21. The lowest BCUT2D eigenvalue weighted by molar-refractivity contribution is 1.47. The minimum absolute atomic E-state index is 1.21. The summed E-state index contributed by atoms with van der Waals surface area (Å²) in [5.41, 5.74) is 17.3. The van der Waals surface area contributed by atoms with Crippen molar-refractivity contribution in [1.82, 2.24) is 0 Å². The highest BCUT2D eigenvalue weighted by Crippen LogP contribution is 2.46. The Morgan fingerprint density at radius 1 is 0.227 bits per heavy atom. The van der Waals surface area contributed by atoms with Crippen LogP contribution in [0.1, 0.15) is 11.1 Å². The number of hydrogen-bond acceptors (Lipinski definition) is 0. The van der Waals surface area contributed by atoms with Crippen molar-refractivity contribution in [3.63, 3.8) is 0 Å². The van der Waals surface area contributed by atoms with E-state index < -0.39 is 0 Å². The summed E-state index contributed by atoms with van der Waals surface area (Å²) in [5, 5.41) is 0. The molecule has 0 aliphatic carbocycles. The van der Waals surface area contributed by atoms with Crippen LogP contribution in [0.3, 0.4) is 0 Å². The summed E-state index contributed by atoms with van der Waals surface area (Å²) >= 11 is 0. The first kappa shape index (κ1) is 27.4. The Balaban J connectivity index is 1.40. The van der Waals surface area contributed by atoms with Crippen molar-refractivity contribution in [1.29, 1.82) is 0 Å². The Morgan fingerprint density at radius 2 is 0.500 bits per heavy atom. The fourth-order valence-corrected chi connectivity index (χ4v) is 6.07. The fourth-order valence-electron chi connectivity index (χ4n) is 6.07. The van der Waals surface area contributed by atoms with Crippen molar-refractivity contribution in [3.05, 3.63) is 181 Å². The van der Waals surface area contributed by atoms with Gasteiger partial charge in [0.05, 0.1) is 0 Å². The molecule has 7 rings (SSSR count). The van der Waals surface area contributed by atoms with E-state index in [0.29, 0.717) is 0 Å². The Kier molecular flexibility index (Phi) is 7.49. The van der Waals surface area contributed by atoms with Gasteiger partial charge in [0.1, 0.15) is 0 Å². The van der Waals surface area contributed by atoms with Crippen LogP contribution >= 0.6 is 0 Å². The van der Waals surface area contributed by atoms with Crippen molar-refractivity contribution >= 4 is 0 Å². The van der Waals surface area contributed by atoms with Crippen LogP contribution in [0.4, 0.5) is 0 Å². The standard InChI is InChI=1S/C44H34/c1-31-13-17-33(18-14-31)35-21-25-37(26-22-35)41-29-30-42(38-27-23-36(24-28-38)34-19-15-32(2)16-20-34)44(40-11-7-4-8-12-40)43(41)39-9-5-3-6-10-39/h3-30H,1-2H3. The van der Waals surface area contributed by atoms with Crippen LogP contribution in [-0.4, -0.2) is 0 Å². The van der Waals surface area contributed by atoms with Crippen LogP contribution in [0.15, 0.2) is 170 Å². The van der Waals surface area contributed by atoms with E-state index >= 15 is 0 Å². The van der Waals surface area contributed by atoms with Gasteiger partial charge in [0, 0.05) is 0 Å². The van der Waals surface area contributed by atoms with E-state index in [1.807, 2.05) is 0 Å². The Labute approximate surface area is 261 Å². The molecule has 0 amide bonds. The fraction of sp³-hybridized carbons (Fsp3) is 0.0455. The van der Waals surface area contributed by atoms with Crippen molar-refractivity contribution in [2.45, 2.75) is 13.8 Å². The molecule has 0 spiro atoms. The normalized spacial score (nSPS) is 11.0. The van der Waals surface area contributed by atoms with Crippen molar-refractivity contribution in [2.24, 2.45) is 0 Å². The average molecular weight is 563 g/mol. The lowest BCUT2D eigenvalue weighted by Gasteiger charge is -2.21. The van der Waals surface area contributed by atoms with Gasteiger partial charge in [-0.05, 0) is 80.6 Å². The van der Waals surface area contributed by atoms with Gasteiger partial charge in [-0.15, -0.1) is 0 Å². The lowest BCUT2D eigenvalue weighted by atomic mass is 9.82. The van der Waals surface area contributed by atoms with Crippen LogP contribution in [0.25, 0.3) is 66.8 Å². The minimum Gasteiger partial charge on any atom is -0.0622 e. The van der Waals surface area contributed by atoms with E-state index in [9.17, 15) is 0 Å². The second-order valence-corrected chi connectivity index (χ2v) is 11.5. The molecular formula is C44H34. The monoisotopic (exact) mass is 562 g/mol. The predicted octanol–water partition coefficient (Wildman–Crippen LogP) is 12.3. The second-order valence-electron chi connectivity index (χ2n) is 11.5. The first-order chi connectivity index (χ1) is 21.6. The predicted molar refractivity (Wildman–Crippen MR) is 189 cm³/mol. The summed E-state index contributed by atoms with van der Waals surface area (Å²) in [6.07, 6.45) is 0. The van der Waals surface area contributed by atoms with E-state index in [2.05, 4.69) is 184 Å². The first-order valence-electron chi connectivity index (χ1n) is 15.3. The lowest BCUT2D eigenvalue weighted by Crippen LogP contribution is -1.94. The highest BCUT2D eigenvalue weighted by Gasteiger charge is 2.19. The molecule has 44 heavy (non-hydrogen) atoms. The molecule has 0 heteroatoms. The smallest absolute Gasteiger partial charge is 0.00206 e. The van der Waals surface area contributed by atoms with E-state index in [-0.39, 0.29) is 0 Å². The summed E-state index contributed by atoms with van der Waals surface area (Å²) in [5.74, 6) is 0. The molecule has 0 aliphatic rings. The molecule has 7 aromatic rings. The number of rotatable bonds is 6. The highest BCUT2D eigenvalue weighted by atomic mass is 14.2. The van der Waals surface area contributed by atoms with Gasteiger partial charge in [-0.3, -0.25) is 0 Å². The Morgan fingerprint density at radius 3 is 0.818 bits per heavy atom. The maximum Gasteiger partial charge on any atom is -0.00206 e. The number of benzene rings is 7. The molecule has 0 atom stereocenters. The Bertz CT molecular complexity index is 1850. The zero-order valence-electron chi connectivity index (χ0n) is 25.2. The van der Waals surface area contributed by atoms with E-state index in [4.69, 9.17) is 0 Å². The van der Waals surface area contributed by atoms with Crippen molar-refractivity contribution in [2.75, 3.05) is 0 Å². The summed E-state index contributed by atoms with van der Waals surface area (Å²) in [6.45, 7) is 4.26. The molecule has 0 aromatic heterocycles. The van der Waals surface area contributed by atoms with Gasteiger partial charge in [-0.2, -0.15) is 0 Å². The molecule has 0 heterocycles. The summed E-state index contributed by atoms with van der Waals surface area (Å²) in [6, 6.07) is 61.8. The second kappa shape index (κ2) is 12.0. The van der Waals surface area contributed by atoms with Gasteiger partial charge >= 0.3 is 0 Å². The molecular weight excluding hydrogens is 528 g/mol. The molecule has 0 saturated heterocycles. The molecule has 0 fully saturated rings. The van der Waals surface area contributed by atoms with E-state index in [1.54, 1.807) is 0 Å². The van der Waals surface area contributed by atoms with Crippen LogP contribution in [-0.2, 0) is 0 Å². The molecule has 0 saturated carbocycles. The molecule has 0 unspecified atom stereocenters. The topological polar surface area (TPSA) is 0 Å². The Hall–Kier alpha value is -5.46. The van der Waals surface area contributed by atoms with Gasteiger partial charge in [-0.25, -0.2) is 0 Å². The van der Waals surface area contributed by atoms with Crippen LogP contribution in [0, 0.1) is 13.8 Å². The zero-order valence-corrected chi connectivity index (χ0v) is 25.2. The van der Waals surface area contributed by atoms with Gasteiger partial charge in [0.2, 0.25) is 0 Å². The quantitative estimate of drug-likeness (QED) is 0.189. The van der Waals surface area contributed by atoms with Gasteiger partial charge in [0.15, 0.2) is 0 Å². The third kappa shape index (κ3) is 5.51. The highest BCUT2D eigenvalue weighted by molar-refractivity contribution is 6.01. The summed E-state index contributed by atoms with van der Waals surface area (Å²) in [4.78, 5) is 0. The molecule has 0 bridgehead atoms. The molecule has 0 nitrogen and oxygen atoms in total. The third-order valence-electron chi connectivity index (χ3n) is 8.49. The van der Waals surface area contributed by atoms with E-state index in [1.165, 1.54) is 77.9 Å². The van der Waals surface area contributed by atoms with Crippen LogP contribution in [0.5, 0.6) is 0 Å². The third-order valence-corrected chi connectivity index (χ3v) is 8.49. The van der Waals surface area contributed by atoms with E-state index in [0.717, 1.165) is 0 Å². The average Bonchev–Trinajstić information content (AvgIpc) is 3.09. The molecule has 0 radical (unpaired) electrons. The molecule has 0 N–H and O–H groups in total. The number of hydrogen-bond donors (Lipinski definition) is 0. The maximum absolute atomic E-state index is 2.30. The summed E-state index contributed by atoms with van der Waals surface area (Å²) < 4.78 is 0. The van der Waals surface area contributed by atoms with Gasteiger partial charge < -0.3 is 0 Å². The van der Waals surface area contributed by atoms with Crippen LogP contribution < -0.4 is 0 Å². The van der Waals surface area contributed by atoms with Gasteiger partial charge in [0.25, 0.3) is 0 Å². The van der Waals surface area contributed by atoms with Crippen molar-refractivity contribution in [3.8, 4) is 66.8 Å². The van der Waals surface area contributed by atoms with Crippen LogP contribution in [0.2, 0.25) is 0 Å². The number of aryl methyl sites for hydroxylation is 2. The van der Waals surface area contributed by atoms with Crippen molar-refractivity contribution < 1.29 is 0 Å². The first-order valence-corrected chi connectivity index (χ1v) is 15.3.